The van der Waals surface area contributed by atoms with Crippen molar-refractivity contribution >= 4 is 8.60 Å². The van der Waals surface area contributed by atoms with E-state index in [9.17, 15) is 0 Å². The highest BCUT2D eigenvalue weighted by atomic mass is 31.2. The van der Waals surface area contributed by atoms with E-state index >= 15 is 0 Å². The van der Waals surface area contributed by atoms with Crippen LogP contribution in [0.15, 0.2) is 0 Å². The van der Waals surface area contributed by atoms with Gasteiger partial charge in [-0.05, 0) is 46.1 Å². The van der Waals surface area contributed by atoms with Gasteiger partial charge in [-0.3, -0.25) is 0 Å². The minimum absolute atomic E-state index is 0.0162. The van der Waals surface area contributed by atoms with E-state index in [1.54, 1.807) is 7.11 Å². The van der Waals surface area contributed by atoms with Crippen LogP contribution in [0.5, 0.6) is 0 Å². The lowest BCUT2D eigenvalue weighted by atomic mass is 9.98. The predicted octanol–water partition coefficient (Wildman–Crippen LogP) is 4.43. The Balaban J connectivity index is 1.67. The molecule has 1 N–H and O–H groups in total. The average Bonchev–Trinajstić information content (AvgIpc) is 3.45. The molecule has 0 aromatic heterocycles. The lowest BCUT2D eigenvalue weighted by molar-refractivity contribution is -0.0377. The quantitative estimate of drug-likeness (QED) is 0.457. The molecule has 11 atom stereocenters. The first-order valence-electron chi connectivity index (χ1n) is 12.2. The molecule has 3 rings (SSSR count). The monoisotopic (exact) mass is 461 g/mol. The lowest BCUT2D eigenvalue weighted by Gasteiger charge is -2.31. The summed E-state index contributed by atoms with van der Waals surface area (Å²) < 4.78 is 37.3. The number of hydrogen-bond acceptors (Lipinski definition) is 7. The number of methoxy groups -OCH3 is 1. The molecule has 0 saturated carbocycles. The van der Waals surface area contributed by atoms with Crippen LogP contribution in [0.4, 0.5) is 0 Å². The van der Waals surface area contributed by atoms with E-state index in [1.165, 1.54) is 6.42 Å². The molecule has 3 unspecified atom stereocenters. The van der Waals surface area contributed by atoms with E-state index in [1.807, 2.05) is 0 Å². The zero-order valence-electron chi connectivity index (χ0n) is 20.4. The summed E-state index contributed by atoms with van der Waals surface area (Å²) in [6.07, 6.45) is 4.48. The first-order chi connectivity index (χ1) is 14.9. The molecule has 3 aliphatic heterocycles. The molecule has 0 aromatic carbocycles. The topological polar surface area (TPSA) is 67.4 Å². The van der Waals surface area contributed by atoms with E-state index in [2.05, 4.69) is 46.9 Å². The second-order valence-electron chi connectivity index (χ2n) is 9.43. The Kier molecular flexibility index (Phi) is 10.00. The molecule has 3 heterocycles. The van der Waals surface area contributed by atoms with Crippen molar-refractivity contribution in [3.8, 4) is 0 Å². The van der Waals surface area contributed by atoms with Crippen molar-refractivity contribution in [1.82, 2.24) is 5.32 Å². The Labute approximate surface area is 190 Å². The van der Waals surface area contributed by atoms with Crippen molar-refractivity contribution in [2.24, 2.45) is 11.8 Å². The highest BCUT2D eigenvalue weighted by Crippen LogP contribution is 2.48. The van der Waals surface area contributed by atoms with Crippen molar-refractivity contribution < 1.29 is 27.8 Å². The van der Waals surface area contributed by atoms with E-state index in [4.69, 9.17) is 27.8 Å². The van der Waals surface area contributed by atoms with Crippen LogP contribution in [0, 0.1) is 11.8 Å². The van der Waals surface area contributed by atoms with Crippen LogP contribution >= 0.6 is 8.60 Å². The Morgan fingerprint density at radius 1 is 1.00 bits per heavy atom. The van der Waals surface area contributed by atoms with Crippen LogP contribution in [0.3, 0.4) is 0 Å². The number of nitrogens with one attached hydrogen (secondary N) is 1. The molecule has 3 saturated heterocycles. The molecule has 0 bridgehead atoms. The van der Waals surface area contributed by atoms with Gasteiger partial charge < -0.3 is 33.1 Å². The van der Waals surface area contributed by atoms with Gasteiger partial charge in [0.2, 0.25) is 0 Å². The Hall–Kier alpha value is 0.150. The van der Waals surface area contributed by atoms with E-state index in [0.29, 0.717) is 24.5 Å². The average molecular weight is 462 g/mol. The highest BCUT2D eigenvalue weighted by molar-refractivity contribution is 7.41. The van der Waals surface area contributed by atoms with Crippen LogP contribution in [0.2, 0.25) is 0 Å². The standard InChI is InChI=1S/C23H44NO6P/c1-8-19(18-11-10-12-24-18)29-31(30-23-15(4)17(6)27-20(23)9-2)26-13-21-22(25-7)14(3)16(5)28-21/h14-24H,8-13H2,1-7H3/t14-,15-,16+,17+,18?,19-,20-,21-,22?,23?,31-/m1/s1. The molecule has 182 valence electrons. The van der Waals surface area contributed by atoms with Gasteiger partial charge >= 0.3 is 8.60 Å². The van der Waals surface area contributed by atoms with Crippen LogP contribution in [0.25, 0.3) is 0 Å². The summed E-state index contributed by atoms with van der Waals surface area (Å²) in [6.45, 7) is 14.3. The molecule has 0 spiro atoms. The van der Waals surface area contributed by atoms with Crippen molar-refractivity contribution in [1.29, 1.82) is 0 Å². The first-order valence-corrected chi connectivity index (χ1v) is 13.3. The summed E-state index contributed by atoms with van der Waals surface area (Å²) >= 11 is 0. The van der Waals surface area contributed by atoms with Gasteiger partial charge in [0, 0.05) is 25.0 Å². The molecule has 0 aliphatic carbocycles. The zero-order chi connectivity index (χ0) is 22.5. The summed E-state index contributed by atoms with van der Waals surface area (Å²) in [5, 5.41) is 3.57. The molecular formula is C23H44NO6P. The third kappa shape index (κ3) is 6.19. The summed E-state index contributed by atoms with van der Waals surface area (Å²) in [4.78, 5) is 0. The first kappa shape index (κ1) is 25.8. The number of rotatable bonds is 11. The maximum Gasteiger partial charge on any atom is 0.333 e. The fourth-order valence-electron chi connectivity index (χ4n) is 5.05. The van der Waals surface area contributed by atoms with E-state index in [0.717, 1.165) is 25.8 Å². The van der Waals surface area contributed by atoms with Gasteiger partial charge in [0.05, 0.1) is 43.2 Å². The summed E-state index contributed by atoms with van der Waals surface area (Å²) in [5.41, 5.74) is 0. The van der Waals surface area contributed by atoms with Gasteiger partial charge in [0.15, 0.2) is 0 Å². The van der Waals surface area contributed by atoms with Crippen molar-refractivity contribution in [2.75, 3.05) is 20.3 Å². The third-order valence-corrected chi connectivity index (χ3v) is 8.64. The molecule has 3 aliphatic rings. The minimum atomic E-state index is -1.54. The molecule has 3 fully saturated rings. The molecule has 0 aromatic rings. The van der Waals surface area contributed by atoms with Gasteiger partial charge in [-0.15, -0.1) is 0 Å². The minimum Gasteiger partial charge on any atom is -0.378 e. The van der Waals surface area contributed by atoms with E-state index in [-0.39, 0.29) is 42.7 Å². The second kappa shape index (κ2) is 12.0. The molecule has 7 nitrogen and oxygen atoms in total. The molecule has 8 heteroatoms. The SMILES string of the molecule is CC[C@@H](O[P@@](OC[C@H]1O[C@@H](C)[C@@H](C)C1OC)OC1[C@@H](CC)O[C@@H](C)[C@H]1C)C1CCCN1. The van der Waals surface area contributed by atoms with Crippen LogP contribution in [0.1, 0.15) is 67.2 Å². The molecule has 0 amide bonds. The number of ether oxygens (including phenoxy) is 3. The predicted molar refractivity (Wildman–Crippen MR) is 122 cm³/mol. The Morgan fingerprint density at radius 3 is 2.26 bits per heavy atom. The molecular weight excluding hydrogens is 417 g/mol. The maximum absolute atomic E-state index is 6.54. The summed E-state index contributed by atoms with van der Waals surface area (Å²) in [6, 6.07) is 0.356. The van der Waals surface area contributed by atoms with Crippen LogP contribution in [-0.2, 0) is 27.8 Å². The number of hydrogen-bond donors (Lipinski definition) is 1. The normalized spacial score (nSPS) is 42.9. The smallest absolute Gasteiger partial charge is 0.333 e. The lowest BCUT2D eigenvalue weighted by Crippen LogP contribution is -2.37. The fraction of sp³-hybridized carbons (Fsp3) is 1.00. The Morgan fingerprint density at radius 2 is 1.68 bits per heavy atom. The second-order valence-corrected chi connectivity index (χ2v) is 10.6. The summed E-state index contributed by atoms with van der Waals surface area (Å²) in [5.74, 6) is 0.618. The fourth-order valence-corrected chi connectivity index (χ4v) is 6.53. The molecule has 0 radical (unpaired) electrons. The van der Waals surface area contributed by atoms with Crippen molar-refractivity contribution in [2.45, 2.75) is 116 Å². The van der Waals surface area contributed by atoms with Gasteiger partial charge in [0.1, 0.15) is 6.10 Å². The van der Waals surface area contributed by atoms with Crippen molar-refractivity contribution in [3.63, 3.8) is 0 Å². The van der Waals surface area contributed by atoms with Gasteiger partial charge in [0.25, 0.3) is 0 Å². The molecule has 31 heavy (non-hydrogen) atoms. The largest absolute Gasteiger partial charge is 0.378 e. The van der Waals surface area contributed by atoms with Gasteiger partial charge in [-0.2, -0.15) is 0 Å². The van der Waals surface area contributed by atoms with Crippen LogP contribution in [-0.4, -0.2) is 69.0 Å². The van der Waals surface area contributed by atoms with E-state index < -0.39 is 8.60 Å². The van der Waals surface area contributed by atoms with Crippen molar-refractivity contribution in [3.05, 3.63) is 0 Å². The summed E-state index contributed by atoms with van der Waals surface area (Å²) in [7, 11) is 0.210. The van der Waals surface area contributed by atoms with Crippen LogP contribution < -0.4 is 5.32 Å². The third-order valence-electron chi connectivity index (χ3n) is 7.43. The zero-order valence-corrected chi connectivity index (χ0v) is 21.3. The maximum atomic E-state index is 6.54. The van der Waals surface area contributed by atoms with Gasteiger partial charge in [-0.25, -0.2) is 0 Å². The Bertz CT molecular complexity index is 536. The van der Waals surface area contributed by atoms with Gasteiger partial charge in [-0.1, -0.05) is 27.7 Å². The highest BCUT2D eigenvalue weighted by Gasteiger charge is 2.44.